The predicted octanol–water partition coefficient (Wildman–Crippen LogP) is 2.93. The van der Waals surface area contributed by atoms with E-state index in [0.29, 0.717) is 18.1 Å². The number of esters is 1. The maximum absolute atomic E-state index is 12.3. The number of hydrogen-bond donors (Lipinski definition) is 1. The minimum atomic E-state index is -0.299. The van der Waals surface area contributed by atoms with Crippen molar-refractivity contribution in [1.82, 2.24) is 9.99 Å². The number of hydrogen-bond acceptors (Lipinski definition) is 6. The standard InChI is InChI=1S/C23H23N3O5/c1-3-29-23(28)13-26-15(2)18(17-6-4-5-7-19(17)26)12-24-25-22(27)11-16-8-9-20-21(10-16)31-14-30-20/h4-10,12H,3,11,13-14H2,1-2H3,(H,25,27). The zero-order valence-corrected chi connectivity index (χ0v) is 17.4. The molecule has 1 amide bonds. The van der Waals surface area contributed by atoms with Crippen molar-refractivity contribution in [3.8, 4) is 11.5 Å². The number of aromatic nitrogens is 1. The Morgan fingerprint density at radius 2 is 2.00 bits per heavy atom. The maximum atomic E-state index is 12.3. The summed E-state index contributed by atoms with van der Waals surface area (Å²) in [6, 6.07) is 13.1. The fourth-order valence-electron chi connectivity index (χ4n) is 3.60. The number of carbonyl (C=O) groups excluding carboxylic acids is 2. The first kappa shape index (κ1) is 20.5. The van der Waals surface area contributed by atoms with Crippen LogP contribution in [0.2, 0.25) is 0 Å². The van der Waals surface area contributed by atoms with E-state index in [-0.39, 0.29) is 31.6 Å². The molecule has 1 N–H and O–H groups in total. The minimum Gasteiger partial charge on any atom is -0.465 e. The van der Waals surface area contributed by atoms with Crippen LogP contribution in [0.25, 0.3) is 10.9 Å². The molecule has 8 heteroatoms. The average Bonchev–Trinajstić information content (AvgIpc) is 3.32. The molecule has 0 spiro atoms. The van der Waals surface area contributed by atoms with Crippen molar-refractivity contribution in [2.24, 2.45) is 5.10 Å². The lowest BCUT2D eigenvalue weighted by Crippen LogP contribution is -2.19. The zero-order chi connectivity index (χ0) is 21.8. The highest BCUT2D eigenvalue weighted by Crippen LogP contribution is 2.32. The van der Waals surface area contributed by atoms with Crippen LogP contribution in [0.4, 0.5) is 0 Å². The third-order valence-corrected chi connectivity index (χ3v) is 5.06. The Morgan fingerprint density at radius 1 is 1.19 bits per heavy atom. The maximum Gasteiger partial charge on any atom is 0.325 e. The number of rotatable bonds is 7. The van der Waals surface area contributed by atoms with Gasteiger partial charge < -0.3 is 18.8 Å². The second-order valence-electron chi connectivity index (χ2n) is 7.06. The largest absolute Gasteiger partial charge is 0.465 e. The second kappa shape index (κ2) is 8.91. The van der Waals surface area contributed by atoms with Crippen LogP contribution in [0.3, 0.4) is 0 Å². The Labute approximate surface area is 179 Å². The summed E-state index contributed by atoms with van der Waals surface area (Å²) in [5.41, 5.74) is 5.98. The number of carbonyl (C=O) groups is 2. The molecule has 4 rings (SSSR count). The number of nitrogens with one attached hydrogen (secondary N) is 1. The smallest absolute Gasteiger partial charge is 0.325 e. The van der Waals surface area contributed by atoms with E-state index in [1.54, 1.807) is 25.3 Å². The Balaban J connectivity index is 1.48. The molecule has 0 fully saturated rings. The lowest BCUT2D eigenvalue weighted by molar-refractivity contribution is -0.143. The molecule has 0 aliphatic carbocycles. The first-order valence-corrected chi connectivity index (χ1v) is 10.0. The van der Waals surface area contributed by atoms with E-state index < -0.39 is 0 Å². The molecule has 1 aliphatic heterocycles. The first-order chi connectivity index (χ1) is 15.1. The summed E-state index contributed by atoms with van der Waals surface area (Å²) in [5, 5.41) is 5.08. The highest BCUT2D eigenvalue weighted by molar-refractivity contribution is 6.01. The van der Waals surface area contributed by atoms with Crippen LogP contribution in [0.5, 0.6) is 11.5 Å². The Morgan fingerprint density at radius 3 is 2.84 bits per heavy atom. The van der Waals surface area contributed by atoms with Crippen LogP contribution >= 0.6 is 0 Å². The monoisotopic (exact) mass is 421 g/mol. The van der Waals surface area contributed by atoms with Crippen molar-refractivity contribution in [1.29, 1.82) is 0 Å². The van der Waals surface area contributed by atoms with Gasteiger partial charge in [0, 0.05) is 22.2 Å². The normalized spacial score (nSPS) is 12.5. The number of nitrogens with zero attached hydrogens (tertiary/aromatic N) is 2. The van der Waals surface area contributed by atoms with Gasteiger partial charge >= 0.3 is 5.97 Å². The van der Waals surface area contributed by atoms with E-state index >= 15 is 0 Å². The molecule has 3 aromatic rings. The fraction of sp³-hybridized carbons (Fsp3) is 0.261. The molecule has 2 heterocycles. The Hall–Kier alpha value is -3.81. The van der Waals surface area contributed by atoms with Gasteiger partial charge in [0.15, 0.2) is 11.5 Å². The van der Waals surface area contributed by atoms with Gasteiger partial charge in [0.25, 0.3) is 0 Å². The summed E-state index contributed by atoms with van der Waals surface area (Å²) in [5.74, 6) is 0.769. The highest BCUT2D eigenvalue weighted by atomic mass is 16.7. The molecule has 0 saturated carbocycles. The molecule has 1 aliphatic rings. The zero-order valence-electron chi connectivity index (χ0n) is 17.4. The predicted molar refractivity (Wildman–Crippen MR) is 115 cm³/mol. The quantitative estimate of drug-likeness (QED) is 0.360. The third kappa shape index (κ3) is 4.37. The van der Waals surface area contributed by atoms with E-state index in [0.717, 1.165) is 27.7 Å². The summed E-state index contributed by atoms with van der Waals surface area (Å²) in [6.07, 6.45) is 1.77. The summed E-state index contributed by atoms with van der Waals surface area (Å²) in [7, 11) is 0. The van der Waals surface area contributed by atoms with Gasteiger partial charge in [-0.05, 0) is 37.6 Å². The average molecular weight is 421 g/mol. The summed E-state index contributed by atoms with van der Waals surface area (Å²) < 4.78 is 17.6. The minimum absolute atomic E-state index is 0.116. The van der Waals surface area contributed by atoms with Gasteiger partial charge in [-0.3, -0.25) is 9.59 Å². The van der Waals surface area contributed by atoms with Gasteiger partial charge in [0.1, 0.15) is 6.54 Å². The van der Waals surface area contributed by atoms with Gasteiger partial charge in [-0.25, -0.2) is 5.43 Å². The van der Waals surface area contributed by atoms with Crippen molar-refractivity contribution < 1.29 is 23.8 Å². The molecule has 0 saturated heterocycles. The molecular weight excluding hydrogens is 398 g/mol. The molecule has 1 aromatic heterocycles. The van der Waals surface area contributed by atoms with Crippen LogP contribution in [0.15, 0.2) is 47.6 Å². The number of amides is 1. The molecule has 0 atom stereocenters. The number of fused-ring (bicyclic) bond motifs is 2. The van der Waals surface area contributed by atoms with Crippen molar-refractivity contribution in [3.05, 3.63) is 59.3 Å². The number of para-hydroxylation sites is 1. The van der Waals surface area contributed by atoms with Crippen molar-refractivity contribution in [2.45, 2.75) is 26.8 Å². The van der Waals surface area contributed by atoms with Crippen LogP contribution in [0, 0.1) is 6.92 Å². The number of benzene rings is 2. The fourth-order valence-corrected chi connectivity index (χ4v) is 3.60. The van der Waals surface area contributed by atoms with Crippen LogP contribution < -0.4 is 14.9 Å². The molecule has 160 valence electrons. The lowest BCUT2D eigenvalue weighted by atomic mass is 10.1. The van der Waals surface area contributed by atoms with Gasteiger partial charge in [-0.2, -0.15) is 5.10 Å². The molecule has 2 aromatic carbocycles. The van der Waals surface area contributed by atoms with Crippen molar-refractivity contribution in [2.75, 3.05) is 13.4 Å². The summed E-state index contributed by atoms with van der Waals surface area (Å²) in [4.78, 5) is 24.3. The topological polar surface area (TPSA) is 91.2 Å². The molecule has 0 unspecified atom stereocenters. The second-order valence-corrected chi connectivity index (χ2v) is 7.06. The summed E-state index contributed by atoms with van der Waals surface area (Å²) in [6.45, 7) is 4.33. The molecular formula is C23H23N3O5. The third-order valence-electron chi connectivity index (χ3n) is 5.06. The lowest BCUT2D eigenvalue weighted by Gasteiger charge is -2.07. The van der Waals surface area contributed by atoms with Gasteiger partial charge in [-0.15, -0.1) is 0 Å². The van der Waals surface area contributed by atoms with E-state index in [1.165, 1.54) is 0 Å². The van der Waals surface area contributed by atoms with Crippen molar-refractivity contribution >= 4 is 29.0 Å². The van der Waals surface area contributed by atoms with Crippen LogP contribution in [-0.4, -0.2) is 36.1 Å². The SMILES string of the molecule is CCOC(=O)Cn1c(C)c(C=NNC(=O)Cc2ccc3c(c2)OCO3)c2ccccc21. The first-order valence-electron chi connectivity index (χ1n) is 10.0. The van der Waals surface area contributed by atoms with E-state index in [2.05, 4.69) is 10.5 Å². The van der Waals surface area contributed by atoms with E-state index in [4.69, 9.17) is 14.2 Å². The summed E-state index contributed by atoms with van der Waals surface area (Å²) >= 11 is 0. The highest BCUT2D eigenvalue weighted by Gasteiger charge is 2.16. The van der Waals surface area contributed by atoms with Gasteiger partial charge in [0.05, 0.1) is 19.2 Å². The van der Waals surface area contributed by atoms with Crippen LogP contribution in [0.1, 0.15) is 23.7 Å². The van der Waals surface area contributed by atoms with Gasteiger partial charge in [-0.1, -0.05) is 24.3 Å². The molecule has 31 heavy (non-hydrogen) atoms. The Bertz CT molecular complexity index is 1170. The van der Waals surface area contributed by atoms with Crippen molar-refractivity contribution in [3.63, 3.8) is 0 Å². The molecule has 0 radical (unpaired) electrons. The van der Waals surface area contributed by atoms with Gasteiger partial charge in [0.2, 0.25) is 12.7 Å². The molecule has 8 nitrogen and oxygen atoms in total. The van der Waals surface area contributed by atoms with Crippen LogP contribution in [-0.2, 0) is 27.3 Å². The molecule has 0 bridgehead atoms. The van der Waals surface area contributed by atoms with E-state index in [1.807, 2.05) is 41.8 Å². The number of ether oxygens (including phenoxy) is 3. The van der Waals surface area contributed by atoms with E-state index in [9.17, 15) is 9.59 Å². The number of hydrazone groups is 1. The Kier molecular flexibility index (Phi) is 5.88.